The summed E-state index contributed by atoms with van der Waals surface area (Å²) in [5, 5.41) is 10.4. The van der Waals surface area contributed by atoms with Gasteiger partial charge < -0.3 is 5.11 Å². The zero-order valence-corrected chi connectivity index (χ0v) is 9.69. The molecule has 1 fully saturated rings. The third-order valence-electron chi connectivity index (χ3n) is 4.56. The third-order valence-corrected chi connectivity index (χ3v) is 4.56. The van der Waals surface area contributed by atoms with Crippen LogP contribution in [0.2, 0.25) is 0 Å². The second kappa shape index (κ2) is 3.46. The van der Waals surface area contributed by atoms with Crippen molar-refractivity contribution >= 4 is 6.08 Å². The van der Waals surface area contributed by atoms with E-state index in [1.54, 1.807) is 0 Å². The maximum absolute atomic E-state index is 10.4. The third kappa shape index (κ3) is 1.15. The molecule has 3 rings (SSSR count). The van der Waals surface area contributed by atoms with Gasteiger partial charge in [0, 0.05) is 5.41 Å². The minimum Gasteiger partial charge on any atom is -0.388 e. The molecule has 0 aromatic heterocycles. The Morgan fingerprint density at radius 3 is 2.88 bits per heavy atom. The summed E-state index contributed by atoms with van der Waals surface area (Å²) in [4.78, 5) is 0. The van der Waals surface area contributed by atoms with E-state index in [1.165, 1.54) is 24.0 Å². The van der Waals surface area contributed by atoms with Crippen molar-refractivity contribution in [3.8, 4) is 0 Å². The number of hydrogen-bond donors (Lipinski definition) is 1. The molecule has 1 aromatic carbocycles. The monoisotopic (exact) mass is 214 g/mol. The molecule has 0 heterocycles. The highest BCUT2D eigenvalue weighted by Gasteiger charge is 2.48. The summed E-state index contributed by atoms with van der Waals surface area (Å²) < 4.78 is 0. The summed E-state index contributed by atoms with van der Waals surface area (Å²) in [6, 6.07) is 8.53. The Bertz CT molecular complexity index is 435. The zero-order valence-electron chi connectivity index (χ0n) is 9.69. The number of benzene rings is 1. The first kappa shape index (κ1) is 10.1. The Labute approximate surface area is 96.8 Å². The molecule has 3 atom stereocenters. The van der Waals surface area contributed by atoms with E-state index in [9.17, 15) is 5.11 Å². The second-order valence-corrected chi connectivity index (χ2v) is 5.22. The molecule has 16 heavy (non-hydrogen) atoms. The van der Waals surface area contributed by atoms with E-state index < -0.39 is 0 Å². The van der Waals surface area contributed by atoms with Gasteiger partial charge in [0.05, 0.1) is 6.10 Å². The fourth-order valence-electron chi connectivity index (χ4n) is 3.64. The lowest BCUT2D eigenvalue weighted by Crippen LogP contribution is -2.42. The predicted molar refractivity (Wildman–Crippen MR) is 66.2 cm³/mol. The highest BCUT2D eigenvalue weighted by Crippen LogP contribution is 2.51. The largest absolute Gasteiger partial charge is 0.388 e. The van der Waals surface area contributed by atoms with Gasteiger partial charge in [-0.3, -0.25) is 0 Å². The van der Waals surface area contributed by atoms with E-state index in [0.717, 1.165) is 6.42 Å². The van der Waals surface area contributed by atoms with Crippen LogP contribution >= 0.6 is 0 Å². The lowest BCUT2D eigenvalue weighted by molar-refractivity contribution is 0.0960. The minimum atomic E-state index is -0.306. The van der Waals surface area contributed by atoms with Crippen LogP contribution in [0.5, 0.6) is 0 Å². The molecule has 84 valence electrons. The van der Waals surface area contributed by atoms with Crippen LogP contribution < -0.4 is 0 Å². The molecule has 2 aliphatic rings. The molecule has 0 radical (unpaired) electrons. The van der Waals surface area contributed by atoms with Crippen LogP contribution in [0.4, 0.5) is 0 Å². The van der Waals surface area contributed by atoms with E-state index in [-0.39, 0.29) is 11.5 Å². The molecular formula is C15H18O. The van der Waals surface area contributed by atoms with Crippen molar-refractivity contribution in [2.45, 2.75) is 37.7 Å². The summed E-state index contributed by atoms with van der Waals surface area (Å²) in [6.07, 6.45) is 7.33. The fraction of sp³-hybridized carbons (Fsp3) is 0.467. The minimum absolute atomic E-state index is 0.00859. The van der Waals surface area contributed by atoms with Crippen molar-refractivity contribution in [3.63, 3.8) is 0 Å². The van der Waals surface area contributed by atoms with Gasteiger partial charge in [-0.2, -0.15) is 0 Å². The van der Waals surface area contributed by atoms with Crippen LogP contribution in [0.3, 0.4) is 0 Å². The van der Waals surface area contributed by atoms with Gasteiger partial charge in [0.1, 0.15) is 0 Å². The Morgan fingerprint density at radius 2 is 2.12 bits per heavy atom. The number of aliphatic hydroxyl groups excluding tert-OH is 1. The van der Waals surface area contributed by atoms with Crippen LogP contribution in [0.1, 0.15) is 37.3 Å². The number of fused-ring (bicyclic) bond motifs is 2. The molecule has 0 unspecified atom stereocenters. The van der Waals surface area contributed by atoms with E-state index in [1.807, 2.05) is 6.08 Å². The van der Waals surface area contributed by atoms with Crippen molar-refractivity contribution in [3.05, 3.63) is 41.5 Å². The van der Waals surface area contributed by atoms with Crippen LogP contribution in [-0.4, -0.2) is 11.2 Å². The van der Waals surface area contributed by atoms with Crippen LogP contribution in [0, 0.1) is 5.92 Å². The van der Waals surface area contributed by atoms with Crippen molar-refractivity contribution < 1.29 is 5.11 Å². The van der Waals surface area contributed by atoms with Crippen LogP contribution in [0.25, 0.3) is 6.08 Å². The lowest BCUT2D eigenvalue weighted by atomic mass is 9.65. The standard InChI is InChI=1S/C15H18O/c1-11-5-4-10-15(11)13-7-3-2-6-12(13)8-9-14(15)16/h2-3,6-9,11,14,16H,4-5,10H2,1H3/t11-,14-,15+/m0/s1. The highest BCUT2D eigenvalue weighted by molar-refractivity contribution is 5.61. The molecule has 1 aromatic rings. The molecular weight excluding hydrogens is 196 g/mol. The van der Waals surface area contributed by atoms with Gasteiger partial charge in [-0.1, -0.05) is 49.8 Å². The van der Waals surface area contributed by atoms with E-state index in [0.29, 0.717) is 5.92 Å². The van der Waals surface area contributed by atoms with Gasteiger partial charge in [0.2, 0.25) is 0 Å². The summed E-state index contributed by atoms with van der Waals surface area (Å²) in [5.74, 6) is 0.577. The molecule has 0 aliphatic heterocycles. The van der Waals surface area contributed by atoms with E-state index >= 15 is 0 Å². The van der Waals surface area contributed by atoms with Crippen molar-refractivity contribution in [2.24, 2.45) is 5.92 Å². The average molecular weight is 214 g/mol. The molecule has 1 N–H and O–H groups in total. The lowest BCUT2D eigenvalue weighted by Gasteiger charge is -2.41. The van der Waals surface area contributed by atoms with Crippen LogP contribution in [-0.2, 0) is 5.41 Å². The number of rotatable bonds is 0. The molecule has 1 spiro atoms. The van der Waals surface area contributed by atoms with Gasteiger partial charge in [-0.15, -0.1) is 0 Å². The fourth-order valence-corrected chi connectivity index (χ4v) is 3.64. The van der Waals surface area contributed by atoms with Gasteiger partial charge >= 0.3 is 0 Å². The smallest absolute Gasteiger partial charge is 0.0823 e. The van der Waals surface area contributed by atoms with Crippen molar-refractivity contribution in [2.75, 3.05) is 0 Å². The quantitative estimate of drug-likeness (QED) is 0.703. The summed E-state index contributed by atoms with van der Waals surface area (Å²) in [7, 11) is 0. The van der Waals surface area contributed by atoms with E-state index in [2.05, 4.69) is 37.3 Å². The first-order chi connectivity index (χ1) is 7.75. The summed E-state index contributed by atoms with van der Waals surface area (Å²) >= 11 is 0. The maximum atomic E-state index is 10.4. The first-order valence-electron chi connectivity index (χ1n) is 6.21. The Hall–Kier alpha value is -1.08. The molecule has 1 nitrogen and oxygen atoms in total. The highest BCUT2D eigenvalue weighted by atomic mass is 16.3. The normalized spacial score (nSPS) is 36.6. The molecule has 2 aliphatic carbocycles. The predicted octanol–water partition coefficient (Wildman–Crippen LogP) is 3.13. The molecule has 0 bridgehead atoms. The molecule has 1 heteroatoms. The van der Waals surface area contributed by atoms with Crippen molar-refractivity contribution in [1.29, 1.82) is 0 Å². The Balaban J connectivity index is 2.21. The Morgan fingerprint density at radius 1 is 1.31 bits per heavy atom. The molecule has 0 amide bonds. The number of hydrogen-bond acceptors (Lipinski definition) is 1. The number of aliphatic hydroxyl groups is 1. The topological polar surface area (TPSA) is 20.2 Å². The SMILES string of the molecule is C[C@H]1CCC[C@]12c1ccccc1C=C[C@@H]2O. The second-order valence-electron chi connectivity index (χ2n) is 5.22. The van der Waals surface area contributed by atoms with E-state index in [4.69, 9.17) is 0 Å². The zero-order chi connectivity index (χ0) is 11.2. The van der Waals surface area contributed by atoms with Gasteiger partial charge in [-0.25, -0.2) is 0 Å². The van der Waals surface area contributed by atoms with Crippen molar-refractivity contribution in [1.82, 2.24) is 0 Å². The first-order valence-corrected chi connectivity index (χ1v) is 6.21. The van der Waals surface area contributed by atoms with Gasteiger partial charge in [0.15, 0.2) is 0 Å². The van der Waals surface area contributed by atoms with Gasteiger partial charge in [-0.05, 0) is 29.9 Å². The van der Waals surface area contributed by atoms with Gasteiger partial charge in [0.25, 0.3) is 0 Å². The summed E-state index contributed by atoms with van der Waals surface area (Å²) in [5.41, 5.74) is 2.64. The van der Waals surface area contributed by atoms with Crippen LogP contribution in [0.15, 0.2) is 30.3 Å². The summed E-state index contributed by atoms with van der Waals surface area (Å²) in [6.45, 7) is 2.28. The average Bonchev–Trinajstić information content (AvgIpc) is 2.68. The maximum Gasteiger partial charge on any atom is 0.0823 e. The Kier molecular flexibility index (Phi) is 2.18. The molecule has 0 saturated heterocycles. The molecule has 1 saturated carbocycles.